The van der Waals surface area contributed by atoms with Crippen molar-refractivity contribution in [3.63, 3.8) is 0 Å². The normalized spacial score (nSPS) is 26.7. The minimum atomic E-state index is -0.721. The summed E-state index contributed by atoms with van der Waals surface area (Å²) in [6, 6.07) is 7.91. The van der Waals surface area contributed by atoms with Crippen molar-refractivity contribution < 1.29 is 4.79 Å². The zero-order valence-electron chi connectivity index (χ0n) is 9.66. The van der Waals surface area contributed by atoms with E-state index in [1.807, 2.05) is 38.1 Å². The summed E-state index contributed by atoms with van der Waals surface area (Å²) < 4.78 is 0. The van der Waals surface area contributed by atoms with Crippen molar-refractivity contribution >= 4 is 11.9 Å². The van der Waals surface area contributed by atoms with Crippen LogP contribution in [0.25, 0.3) is 0 Å². The first-order valence-corrected chi connectivity index (χ1v) is 5.20. The van der Waals surface area contributed by atoms with Crippen LogP contribution >= 0.6 is 0 Å². The van der Waals surface area contributed by atoms with Crippen LogP contribution in [0.15, 0.2) is 29.3 Å². The molecule has 2 N–H and O–H groups in total. The van der Waals surface area contributed by atoms with Crippen LogP contribution in [0.5, 0.6) is 0 Å². The van der Waals surface area contributed by atoms with E-state index in [0.717, 1.165) is 11.1 Å². The van der Waals surface area contributed by atoms with E-state index in [-0.39, 0.29) is 5.91 Å². The van der Waals surface area contributed by atoms with E-state index in [1.165, 1.54) is 0 Å². The van der Waals surface area contributed by atoms with Crippen molar-refractivity contribution in [2.24, 2.45) is 4.99 Å². The molecule has 1 aromatic carbocycles. The van der Waals surface area contributed by atoms with E-state index in [2.05, 4.69) is 15.6 Å². The third-order valence-corrected chi connectivity index (χ3v) is 2.87. The Kier molecular flexibility index (Phi) is 2.42. The molecule has 1 atom stereocenters. The molecule has 1 saturated heterocycles. The Morgan fingerprint density at radius 2 is 2.12 bits per heavy atom. The molecule has 1 fully saturated rings. The maximum atomic E-state index is 11.9. The fourth-order valence-electron chi connectivity index (χ4n) is 1.83. The number of guanidine groups is 1. The highest BCUT2D eigenvalue weighted by Crippen LogP contribution is 2.24. The van der Waals surface area contributed by atoms with Crippen LogP contribution in [0.2, 0.25) is 0 Å². The zero-order chi connectivity index (χ0) is 11.8. The highest BCUT2D eigenvalue weighted by molar-refractivity contribution is 6.09. The summed E-state index contributed by atoms with van der Waals surface area (Å²) in [6.45, 7) is 3.86. The maximum absolute atomic E-state index is 11.9. The molecule has 4 heteroatoms. The Bertz CT molecular complexity index is 467. The number of hydrogen-bond donors (Lipinski definition) is 2. The van der Waals surface area contributed by atoms with Crippen molar-refractivity contribution in [3.8, 4) is 0 Å². The molecule has 0 aliphatic carbocycles. The molecule has 84 valence electrons. The lowest BCUT2D eigenvalue weighted by atomic mass is 9.91. The smallest absolute Gasteiger partial charge is 0.256 e. The summed E-state index contributed by atoms with van der Waals surface area (Å²) in [5.74, 6) is 0.452. The third kappa shape index (κ3) is 1.56. The highest BCUT2D eigenvalue weighted by atomic mass is 16.2. The molecule has 2 rings (SSSR count). The largest absolute Gasteiger partial charge is 0.338 e. The molecule has 1 aromatic rings. The Morgan fingerprint density at radius 3 is 2.69 bits per heavy atom. The maximum Gasteiger partial charge on any atom is 0.256 e. The second-order valence-corrected chi connectivity index (χ2v) is 4.15. The molecule has 0 saturated carbocycles. The van der Waals surface area contributed by atoms with Gasteiger partial charge in [-0.05, 0) is 19.4 Å². The van der Waals surface area contributed by atoms with Gasteiger partial charge in [-0.2, -0.15) is 0 Å². The number of carbonyl (C=O) groups is 1. The van der Waals surface area contributed by atoms with Crippen molar-refractivity contribution in [1.82, 2.24) is 10.6 Å². The first-order chi connectivity index (χ1) is 7.56. The Hall–Kier alpha value is -1.84. The summed E-state index contributed by atoms with van der Waals surface area (Å²) >= 11 is 0. The van der Waals surface area contributed by atoms with Gasteiger partial charge in [0.15, 0.2) is 5.96 Å². The SMILES string of the molecule is CN=C1NC(=O)C(C)(c2cccc(C)c2)N1. The molecular formula is C12H15N3O. The average Bonchev–Trinajstić information content (AvgIpc) is 2.56. The lowest BCUT2D eigenvalue weighted by Crippen LogP contribution is -2.40. The number of hydrogen-bond acceptors (Lipinski definition) is 2. The van der Waals surface area contributed by atoms with Gasteiger partial charge in [-0.25, -0.2) is 0 Å². The van der Waals surface area contributed by atoms with E-state index in [0.29, 0.717) is 5.96 Å². The number of carbonyl (C=O) groups excluding carboxylic acids is 1. The quantitative estimate of drug-likeness (QED) is 0.734. The second kappa shape index (κ2) is 3.63. The summed E-state index contributed by atoms with van der Waals surface area (Å²) in [5.41, 5.74) is 1.36. The van der Waals surface area contributed by atoms with Gasteiger partial charge in [-0.15, -0.1) is 0 Å². The molecular weight excluding hydrogens is 202 g/mol. The number of aryl methyl sites for hydroxylation is 1. The van der Waals surface area contributed by atoms with Crippen LogP contribution < -0.4 is 10.6 Å². The van der Waals surface area contributed by atoms with Crippen LogP contribution in [0.1, 0.15) is 18.1 Å². The Balaban J connectivity index is 2.43. The molecule has 4 nitrogen and oxygen atoms in total. The van der Waals surface area contributed by atoms with Crippen molar-refractivity contribution in [1.29, 1.82) is 0 Å². The summed E-state index contributed by atoms with van der Waals surface area (Å²) in [5, 5.41) is 5.81. The van der Waals surface area contributed by atoms with Gasteiger partial charge in [0.2, 0.25) is 0 Å². The summed E-state index contributed by atoms with van der Waals surface area (Å²) in [6.07, 6.45) is 0. The molecule has 0 spiro atoms. The molecule has 0 aromatic heterocycles. The van der Waals surface area contributed by atoms with Crippen LogP contribution in [0.3, 0.4) is 0 Å². The molecule has 1 amide bonds. The molecule has 16 heavy (non-hydrogen) atoms. The first kappa shape index (κ1) is 10.7. The predicted molar refractivity (Wildman–Crippen MR) is 63.2 cm³/mol. The highest BCUT2D eigenvalue weighted by Gasteiger charge is 2.42. The van der Waals surface area contributed by atoms with E-state index >= 15 is 0 Å². The standard InChI is InChI=1S/C12H15N3O/c1-8-5-4-6-9(7-8)12(2)10(16)14-11(13-3)15-12/h4-7H,1-3H3,(H2,13,14,15,16). The monoisotopic (exact) mass is 217 g/mol. The van der Waals surface area contributed by atoms with Crippen molar-refractivity contribution in [3.05, 3.63) is 35.4 Å². The van der Waals surface area contributed by atoms with Gasteiger partial charge in [0.1, 0.15) is 5.54 Å². The number of rotatable bonds is 1. The van der Waals surface area contributed by atoms with Crippen LogP contribution in [-0.4, -0.2) is 18.9 Å². The Morgan fingerprint density at radius 1 is 1.38 bits per heavy atom. The van der Waals surface area contributed by atoms with Crippen molar-refractivity contribution in [2.75, 3.05) is 7.05 Å². The van der Waals surface area contributed by atoms with E-state index < -0.39 is 5.54 Å². The van der Waals surface area contributed by atoms with Crippen LogP contribution in [0, 0.1) is 6.92 Å². The average molecular weight is 217 g/mol. The molecule has 1 unspecified atom stereocenters. The first-order valence-electron chi connectivity index (χ1n) is 5.20. The number of benzene rings is 1. The van der Waals surface area contributed by atoms with Gasteiger partial charge >= 0.3 is 0 Å². The van der Waals surface area contributed by atoms with E-state index in [9.17, 15) is 4.79 Å². The molecule has 1 heterocycles. The molecule has 0 radical (unpaired) electrons. The topological polar surface area (TPSA) is 53.5 Å². The number of nitrogens with zero attached hydrogens (tertiary/aromatic N) is 1. The van der Waals surface area contributed by atoms with Crippen LogP contribution in [0.4, 0.5) is 0 Å². The van der Waals surface area contributed by atoms with E-state index in [1.54, 1.807) is 7.05 Å². The van der Waals surface area contributed by atoms with Gasteiger partial charge in [0.05, 0.1) is 0 Å². The number of aliphatic imine (C=N–C) groups is 1. The summed E-state index contributed by atoms with van der Waals surface area (Å²) in [7, 11) is 1.64. The predicted octanol–water partition coefficient (Wildman–Crippen LogP) is 0.915. The van der Waals surface area contributed by atoms with Gasteiger partial charge < -0.3 is 5.32 Å². The fraction of sp³-hybridized carbons (Fsp3) is 0.333. The minimum absolute atomic E-state index is 0.0706. The van der Waals surface area contributed by atoms with Crippen molar-refractivity contribution in [2.45, 2.75) is 19.4 Å². The molecule has 1 aliphatic rings. The van der Waals surface area contributed by atoms with Gasteiger partial charge in [-0.3, -0.25) is 15.1 Å². The number of amides is 1. The van der Waals surface area contributed by atoms with Gasteiger partial charge in [0.25, 0.3) is 5.91 Å². The van der Waals surface area contributed by atoms with Gasteiger partial charge in [0, 0.05) is 7.05 Å². The zero-order valence-corrected chi connectivity index (χ0v) is 9.66. The van der Waals surface area contributed by atoms with Crippen LogP contribution in [-0.2, 0) is 10.3 Å². The number of nitrogens with one attached hydrogen (secondary N) is 2. The third-order valence-electron chi connectivity index (χ3n) is 2.87. The lowest BCUT2D eigenvalue weighted by Gasteiger charge is -2.21. The summed E-state index contributed by atoms with van der Waals surface area (Å²) in [4.78, 5) is 15.9. The Labute approximate surface area is 94.8 Å². The fourth-order valence-corrected chi connectivity index (χ4v) is 1.83. The molecule has 1 aliphatic heterocycles. The minimum Gasteiger partial charge on any atom is -0.338 e. The molecule has 0 bridgehead atoms. The lowest BCUT2D eigenvalue weighted by molar-refractivity contribution is -0.123. The van der Waals surface area contributed by atoms with Gasteiger partial charge in [-0.1, -0.05) is 29.8 Å². The van der Waals surface area contributed by atoms with E-state index in [4.69, 9.17) is 0 Å². The second-order valence-electron chi connectivity index (χ2n) is 4.15.